The van der Waals surface area contributed by atoms with Crippen molar-refractivity contribution in [3.8, 4) is 0 Å². The van der Waals surface area contributed by atoms with Crippen LogP contribution in [0.2, 0.25) is 0 Å². The van der Waals surface area contributed by atoms with Gasteiger partial charge in [-0.05, 0) is 36.5 Å². The Morgan fingerprint density at radius 1 is 1.30 bits per heavy atom. The van der Waals surface area contributed by atoms with Crippen LogP contribution in [-0.4, -0.2) is 50.2 Å². The fourth-order valence-corrected chi connectivity index (χ4v) is 2.76. The van der Waals surface area contributed by atoms with Crippen molar-refractivity contribution in [3.63, 3.8) is 0 Å². The van der Waals surface area contributed by atoms with Gasteiger partial charge in [-0.25, -0.2) is 5.43 Å². The number of benzene rings is 1. The molecule has 8 nitrogen and oxygen atoms in total. The number of hydrogen-bond acceptors (Lipinski definition) is 6. The fraction of sp³-hybridized carbons (Fsp3) is 0.400. The van der Waals surface area contributed by atoms with Gasteiger partial charge in [0.2, 0.25) is 0 Å². The summed E-state index contributed by atoms with van der Waals surface area (Å²) in [5.41, 5.74) is 4.34. The van der Waals surface area contributed by atoms with Gasteiger partial charge in [-0.15, -0.1) is 5.10 Å². The average molecular weight is 313 g/mol. The van der Waals surface area contributed by atoms with Crippen molar-refractivity contribution in [2.45, 2.75) is 25.7 Å². The van der Waals surface area contributed by atoms with Gasteiger partial charge in [0, 0.05) is 13.1 Å². The maximum atomic E-state index is 12.4. The minimum absolute atomic E-state index is 0.0625. The highest BCUT2D eigenvalue weighted by Gasteiger charge is 2.25. The molecule has 8 heteroatoms. The number of anilines is 1. The molecule has 3 rings (SSSR count). The van der Waals surface area contributed by atoms with E-state index in [0.717, 1.165) is 25.9 Å². The first-order valence-corrected chi connectivity index (χ1v) is 7.62. The largest absolute Gasteiger partial charge is 0.338 e. The lowest BCUT2D eigenvalue weighted by atomic mass is 9.89. The molecular weight excluding hydrogens is 294 g/mol. The predicted octanol–water partition coefficient (Wildman–Crippen LogP) is 1.39. The number of carbonyl (C=O) groups excluding carboxylic acids is 1. The molecule has 2 aromatic rings. The Bertz CT molecular complexity index is 660. The molecule has 0 unspecified atom stereocenters. The topological polar surface area (TPSA) is 99.2 Å². The summed E-state index contributed by atoms with van der Waals surface area (Å²) in [6.07, 6.45) is 1.95. The lowest BCUT2D eigenvalue weighted by Gasteiger charge is -2.32. The molecule has 23 heavy (non-hydrogen) atoms. The maximum Gasteiger partial charge on any atom is 0.283 e. The first-order valence-electron chi connectivity index (χ1n) is 7.62. The molecule has 1 aromatic carbocycles. The van der Waals surface area contributed by atoms with Crippen molar-refractivity contribution in [2.24, 2.45) is 5.10 Å². The smallest absolute Gasteiger partial charge is 0.283 e. The van der Waals surface area contributed by atoms with Gasteiger partial charge in [0.25, 0.3) is 11.9 Å². The quantitative estimate of drug-likeness (QED) is 0.656. The zero-order valence-electron chi connectivity index (χ0n) is 12.9. The van der Waals surface area contributed by atoms with Gasteiger partial charge in [-0.3, -0.25) is 4.79 Å². The third kappa shape index (κ3) is 3.71. The molecule has 0 saturated carbocycles. The van der Waals surface area contributed by atoms with Crippen LogP contribution in [0.25, 0.3) is 0 Å². The minimum Gasteiger partial charge on any atom is -0.338 e. The van der Waals surface area contributed by atoms with Crippen LogP contribution in [0.4, 0.5) is 5.95 Å². The van der Waals surface area contributed by atoms with Crippen molar-refractivity contribution < 1.29 is 4.79 Å². The summed E-state index contributed by atoms with van der Waals surface area (Å²) in [4.78, 5) is 14.2. The van der Waals surface area contributed by atoms with E-state index in [4.69, 9.17) is 0 Å². The van der Waals surface area contributed by atoms with Crippen LogP contribution in [0, 0.1) is 0 Å². The van der Waals surface area contributed by atoms with E-state index in [-0.39, 0.29) is 11.9 Å². The van der Waals surface area contributed by atoms with Gasteiger partial charge in [-0.1, -0.05) is 35.4 Å². The number of hydrazone groups is 1. The van der Waals surface area contributed by atoms with Crippen LogP contribution >= 0.6 is 0 Å². The Kier molecular flexibility index (Phi) is 4.60. The first kappa shape index (κ1) is 15.1. The molecule has 0 aliphatic carbocycles. The van der Waals surface area contributed by atoms with E-state index in [2.05, 4.69) is 55.4 Å². The number of rotatable bonds is 4. The standard InChI is InChI=1S/C15H19N7O/c1-11(16-17-15-18-20-21-19-15)14(23)22-9-7-13(8-10-22)12-5-3-2-4-6-12/h2-6,13H,7-10H2,1H3,(H2,17,18,19,20,21)/b16-11+. The molecule has 0 atom stereocenters. The number of aromatic amines is 1. The highest BCUT2D eigenvalue weighted by atomic mass is 16.2. The number of tetrazole rings is 1. The molecule has 1 saturated heterocycles. The van der Waals surface area contributed by atoms with Gasteiger partial charge >= 0.3 is 0 Å². The van der Waals surface area contributed by atoms with E-state index in [1.165, 1.54) is 5.56 Å². The number of hydrogen-bond donors (Lipinski definition) is 2. The van der Waals surface area contributed by atoms with E-state index in [9.17, 15) is 4.79 Å². The average Bonchev–Trinajstić information content (AvgIpc) is 3.13. The number of aromatic nitrogens is 4. The van der Waals surface area contributed by atoms with Crippen molar-refractivity contribution in [1.82, 2.24) is 25.5 Å². The molecule has 1 aliphatic rings. The molecule has 1 amide bonds. The van der Waals surface area contributed by atoms with Crippen LogP contribution in [0.1, 0.15) is 31.2 Å². The lowest BCUT2D eigenvalue weighted by Crippen LogP contribution is -2.41. The van der Waals surface area contributed by atoms with E-state index >= 15 is 0 Å². The molecule has 2 N–H and O–H groups in total. The van der Waals surface area contributed by atoms with Crippen LogP contribution in [0.3, 0.4) is 0 Å². The number of piperidine rings is 1. The molecule has 1 aliphatic heterocycles. The van der Waals surface area contributed by atoms with Crippen molar-refractivity contribution in [3.05, 3.63) is 35.9 Å². The zero-order chi connectivity index (χ0) is 16.1. The molecule has 0 bridgehead atoms. The third-order valence-corrected chi connectivity index (χ3v) is 4.03. The van der Waals surface area contributed by atoms with Gasteiger partial charge in [0.1, 0.15) is 5.71 Å². The van der Waals surface area contributed by atoms with Crippen LogP contribution < -0.4 is 5.43 Å². The number of amides is 1. The second kappa shape index (κ2) is 6.99. The first-order chi connectivity index (χ1) is 11.2. The zero-order valence-corrected chi connectivity index (χ0v) is 12.9. The summed E-state index contributed by atoms with van der Waals surface area (Å²) in [5.74, 6) is 0.697. The number of nitrogens with one attached hydrogen (secondary N) is 2. The van der Waals surface area contributed by atoms with E-state index in [1.807, 2.05) is 11.0 Å². The van der Waals surface area contributed by atoms with E-state index < -0.39 is 0 Å². The van der Waals surface area contributed by atoms with Crippen LogP contribution in [0.15, 0.2) is 35.4 Å². The van der Waals surface area contributed by atoms with Crippen molar-refractivity contribution in [2.75, 3.05) is 18.5 Å². The second-order valence-corrected chi connectivity index (χ2v) is 5.52. The van der Waals surface area contributed by atoms with Crippen LogP contribution in [0.5, 0.6) is 0 Å². The van der Waals surface area contributed by atoms with Gasteiger partial charge < -0.3 is 4.90 Å². The van der Waals surface area contributed by atoms with Crippen molar-refractivity contribution >= 4 is 17.6 Å². The Labute approximate surface area is 134 Å². The van der Waals surface area contributed by atoms with E-state index in [1.54, 1.807) is 6.92 Å². The summed E-state index contributed by atoms with van der Waals surface area (Å²) in [5, 5.41) is 17.2. The van der Waals surface area contributed by atoms with E-state index in [0.29, 0.717) is 11.6 Å². The summed E-state index contributed by atoms with van der Waals surface area (Å²) >= 11 is 0. The van der Waals surface area contributed by atoms with Gasteiger partial charge in [0.15, 0.2) is 0 Å². The predicted molar refractivity (Wildman–Crippen MR) is 85.9 cm³/mol. The number of carbonyl (C=O) groups is 1. The minimum atomic E-state index is -0.0625. The molecule has 120 valence electrons. The molecule has 1 fully saturated rings. The lowest BCUT2D eigenvalue weighted by molar-refractivity contribution is -0.125. The normalized spacial score (nSPS) is 16.4. The van der Waals surface area contributed by atoms with Gasteiger partial charge in [0.05, 0.1) is 0 Å². The molecule has 1 aromatic heterocycles. The Hall–Kier alpha value is -2.77. The second-order valence-electron chi connectivity index (χ2n) is 5.52. The number of likely N-dealkylation sites (tertiary alicyclic amines) is 1. The summed E-state index contributed by atoms with van der Waals surface area (Å²) < 4.78 is 0. The number of H-pyrrole nitrogens is 1. The Morgan fingerprint density at radius 3 is 2.70 bits per heavy atom. The highest BCUT2D eigenvalue weighted by molar-refractivity contribution is 6.37. The highest BCUT2D eigenvalue weighted by Crippen LogP contribution is 2.27. The van der Waals surface area contributed by atoms with Crippen molar-refractivity contribution in [1.29, 1.82) is 0 Å². The molecule has 0 radical (unpaired) electrons. The molecular formula is C15H19N7O. The van der Waals surface area contributed by atoms with Crippen LogP contribution in [-0.2, 0) is 4.79 Å². The Balaban J connectivity index is 1.54. The summed E-state index contributed by atoms with van der Waals surface area (Å²) in [6.45, 7) is 3.17. The monoisotopic (exact) mass is 313 g/mol. The summed E-state index contributed by atoms with van der Waals surface area (Å²) in [7, 11) is 0. The van der Waals surface area contributed by atoms with Gasteiger partial charge in [-0.2, -0.15) is 10.3 Å². The third-order valence-electron chi connectivity index (χ3n) is 4.03. The molecule has 0 spiro atoms. The Morgan fingerprint density at radius 2 is 2.04 bits per heavy atom. The fourth-order valence-electron chi connectivity index (χ4n) is 2.76. The SMILES string of the molecule is C/C(=N\Nc1nn[nH]n1)C(=O)N1CCC(c2ccccc2)CC1. The molecule has 2 heterocycles. The number of nitrogens with zero attached hydrogens (tertiary/aromatic N) is 5. The maximum absolute atomic E-state index is 12.4. The summed E-state index contributed by atoms with van der Waals surface area (Å²) in [6, 6.07) is 10.5.